The fourth-order valence-corrected chi connectivity index (χ4v) is 10.4. The summed E-state index contributed by atoms with van der Waals surface area (Å²) in [7, 11) is -4.02. The van der Waals surface area contributed by atoms with Gasteiger partial charge in [0, 0.05) is 44.2 Å². The van der Waals surface area contributed by atoms with E-state index in [0.717, 1.165) is 40.8 Å². The molecule has 8 heteroatoms. The summed E-state index contributed by atoms with van der Waals surface area (Å²) in [5.41, 5.74) is 9.70. The predicted molar refractivity (Wildman–Crippen MR) is 286 cm³/mol. The molecule has 8 aromatic carbocycles. The molecular formula is C60H53NO5S2. The summed E-state index contributed by atoms with van der Waals surface area (Å²) in [4.78, 5) is 3.53. The highest BCUT2D eigenvalue weighted by molar-refractivity contribution is 7.85. The molecule has 1 aliphatic heterocycles. The highest BCUT2D eigenvalue weighted by Gasteiger charge is 2.18. The maximum Gasteiger partial charge on any atom is 0.294 e. The van der Waals surface area contributed by atoms with Gasteiger partial charge in [-0.2, -0.15) is 8.42 Å². The van der Waals surface area contributed by atoms with E-state index in [9.17, 15) is 8.42 Å². The van der Waals surface area contributed by atoms with Gasteiger partial charge in [0.2, 0.25) is 0 Å². The van der Waals surface area contributed by atoms with Crippen molar-refractivity contribution in [1.29, 1.82) is 0 Å². The molecule has 0 radical (unpaired) electrons. The third-order valence-electron chi connectivity index (χ3n) is 12.4. The molecule has 0 amide bonds. The Morgan fingerprint density at radius 3 is 1.91 bits per heavy atom. The van der Waals surface area contributed by atoms with Crippen LogP contribution in [-0.2, 0) is 16.5 Å². The first kappa shape index (κ1) is 45.9. The van der Waals surface area contributed by atoms with Crippen LogP contribution < -0.4 is 14.4 Å². The van der Waals surface area contributed by atoms with Gasteiger partial charge in [-0.1, -0.05) is 151 Å². The van der Waals surface area contributed by atoms with Gasteiger partial charge in [-0.15, -0.1) is 11.3 Å². The number of aryl methyl sites for hydroxylation is 3. The Hall–Kier alpha value is -7.23. The van der Waals surface area contributed by atoms with Crippen LogP contribution in [0.25, 0.3) is 54.1 Å². The molecule has 0 aliphatic carbocycles. The first-order valence-corrected chi connectivity index (χ1v) is 25.1. The molecule has 68 heavy (non-hydrogen) atoms. The molecule has 10 rings (SSSR count). The number of benzene rings is 8. The fraction of sp³-hybridized carbons (Fsp3) is 0.133. The molecule has 0 atom stereocenters. The lowest BCUT2D eigenvalue weighted by Gasteiger charge is -2.29. The molecule has 0 fully saturated rings. The lowest BCUT2D eigenvalue weighted by atomic mass is 9.94. The van der Waals surface area contributed by atoms with Crippen LogP contribution in [0.2, 0.25) is 0 Å². The summed E-state index contributed by atoms with van der Waals surface area (Å²) in [6.45, 7) is 10.3. The van der Waals surface area contributed by atoms with Gasteiger partial charge in [0.1, 0.15) is 18.1 Å². The molecule has 2 heterocycles. The number of thiophene rings is 1. The lowest BCUT2D eigenvalue weighted by molar-refractivity contribution is 0.326. The summed E-state index contributed by atoms with van der Waals surface area (Å²) < 4.78 is 43.7. The first-order valence-electron chi connectivity index (χ1n) is 22.8. The van der Waals surface area contributed by atoms with Crippen LogP contribution in [0.4, 0.5) is 5.69 Å². The molecule has 9 aromatic rings. The SMILES string of the molecule is CC(/C=C/c1sc2c(ccc3ccccc32)c1CCOc1cccc2ccccc12)=C\C=C1/C=CN(CCOc2cccc3ccccc23)c2cc(C)c(C)cc21.Cc1ccc(S(=O)(=O)O)cc1. The second-order valence-electron chi connectivity index (χ2n) is 17.1. The Kier molecular flexibility index (Phi) is 13.7. The number of hydrogen-bond acceptors (Lipinski definition) is 6. The van der Waals surface area contributed by atoms with Gasteiger partial charge in [-0.3, -0.25) is 4.55 Å². The van der Waals surface area contributed by atoms with Gasteiger partial charge >= 0.3 is 0 Å². The van der Waals surface area contributed by atoms with Crippen molar-refractivity contribution in [2.45, 2.75) is 39.0 Å². The van der Waals surface area contributed by atoms with Crippen molar-refractivity contribution in [2.24, 2.45) is 0 Å². The van der Waals surface area contributed by atoms with Gasteiger partial charge in [0.25, 0.3) is 10.1 Å². The molecule has 6 nitrogen and oxygen atoms in total. The Morgan fingerprint density at radius 2 is 1.25 bits per heavy atom. The van der Waals surface area contributed by atoms with Gasteiger partial charge < -0.3 is 14.4 Å². The van der Waals surface area contributed by atoms with Crippen LogP contribution in [-0.4, -0.2) is 32.7 Å². The minimum Gasteiger partial charge on any atom is -0.493 e. The topological polar surface area (TPSA) is 76.1 Å². The third-order valence-corrected chi connectivity index (χ3v) is 14.5. The van der Waals surface area contributed by atoms with E-state index in [4.69, 9.17) is 14.0 Å². The minimum atomic E-state index is -4.02. The quantitative estimate of drug-likeness (QED) is 0.0972. The monoisotopic (exact) mass is 931 g/mol. The highest BCUT2D eigenvalue weighted by Crippen LogP contribution is 2.39. The maximum absolute atomic E-state index is 10.5. The Bertz CT molecular complexity index is 3530. The molecule has 0 bridgehead atoms. The van der Waals surface area contributed by atoms with Crippen LogP contribution in [0.5, 0.6) is 11.5 Å². The second kappa shape index (κ2) is 20.3. The molecule has 1 aromatic heterocycles. The standard InChI is InChI=1S/C53H45NO2S.C7H8O3S/c1-36(22-24-42-28-30-54(49-35-38(3)37(2)34-48(42)49)31-33-56-51-21-11-16-40-13-5-8-18-44(40)51)23-27-52-46(47-26-25-41-14-6-9-19-45(41)53(47)57-52)29-32-55-50-20-10-15-39-12-4-7-17-43(39)50;1-6-2-4-7(5-3-6)11(8,9)10/h4-28,30,34-35H,29,31-33H2,1-3H3;2-5H,1H3,(H,8,9,10)/b27-23+,36-22+,42-24+;. The average molecular weight is 932 g/mol. The Balaban J connectivity index is 0.000000464. The largest absolute Gasteiger partial charge is 0.493 e. The molecule has 340 valence electrons. The number of nitrogens with zero attached hydrogens (tertiary/aromatic N) is 1. The van der Waals surface area contributed by atoms with Gasteiger partial charge in [0.05, 0.1) is 18.0 Å². The van der Waals surface area contributed by atoms with E-state index in [1.54, 1.807) is 12.1 Å². The fourth-order valence-electron chi connectivity index (χ4n) is 8.59. The van der Waals surface area contributed by atoms with Crippen LogP contribution in [0.15, 0.2) is 199 Å². The normalized spacial score (nSPS) is 13.4. The number of fused-ring (bicyclic) bond motifs is 6. The summed E-state index contributed by atoms with van der Waals surface area (Å²) in [6.07, 6.45) is 14.3. The zero-order chi connectivity index (χ0) is 47.2. The van der Waals surface area contributed by atoms with Crippen molar-refractivity contribution in [3.05, 3.63) is 226 Å². The number of ether oxygens (including phenoxy) is 2. The van der Waals surface area contributed by atoms with Crippen molar-refractivity contribution < 1.29 is 22.4 Å². The number of rotatable bonds is 12. The summed E-state index contributed by atoms with van der Waals surface area (Å²) in [5.74, 6) is 1.86. The van der Waals surface area contributed by atoms with Crippen LogP contribution in [0, 0.1) is 20.8 Å². The smallest absolute Gasteiger partial charge is 0.294 e. The maximum atomic E-state index is 10.5. The predicted octanol–water partition coefficient (Wildman–Crippen LogP) is 15.3. The number of anilines is 1. The van der Waals surface area contributed by atoms with E-state index in [1.807, 2.05) is 18.3 Å². The zero-order valence-corrected chi connectivity index (χ0v) is 40.3. The molecule has 0 saturated carbocycles. The second-order valence-corrected chi connectivity index (χ2v) is 19.6. The van der Waals surface area contributed by atoms with Gasteiger partial charge in [-0.25, -0.2) is 0 Å². The van der Waals surface area contributed by atoms with Crippen molar-refractivity contribution in [2.75, 3.05) is 24.7 Å². The summed E-state index contributed by atoms with van der Waals surface area (Å²) >= 11 is 1.88. The number of allylic oxidation sites excluding steroid dienone is 6. The van der Waals surface area contributed by atoms with Crippen LogP contribution >= 0.6 is 11.3 Å². The molecular weight excluding hydrogens is 879 g/mol. The van der Waals surface area contributed by atoms with Crippen molar-refractivity contribution in [3.63, 3.8) is 0 Å². The van der Waals surface area contributed by atoms with E-state index in [0.29, 0.717) is 13.2 Å². The van der Waals surface area contributed by atoms with Crippen molar-refractivity contribution in [3.8, 4) is 11.5 Å². The van der Waals surface area contributed by atoms with E-state index < -0.39 is 10.1 Å². The van der Waals surface area contributed by atoms with Crippen molar-refractivity contribution >= 4 is 81.2 Å². The van der Waals surface area contributed by atoms with E-state index >= 15 is 0 Å². The summed E-state index contributed by atoms with van der Waals surface area (Å²) in [6, 6.07) is 53.2. The van der Waals surface area contributed by atoms with Crippen LogP contribution in [0.3, 0.4) is 0 Å². The van der Waals surface area contributed by atoms with E-state index in [2.05, 4.69) is 196 Å². The molecule has 1 N–H and O–H groups in total. The Morgan fingerprint density at radius 1 is 0.662 bits per heavy atom. The van der Waals surface area contributed by atoms with Gasteiger partial charge in [0.15, 0.2) is 0 Å². The van der Waals surface area contributed by atoms with Crippen LogP contribution in [0.1, 0.15) is 39.6 Å². The average Bonchev–Trinajstić information content (AvgIpc) is 3.71. The van der Waals surface area contributed by atoms with E-state index in [-0.39, 0.29) is 4.90 Å². The first-order chi connectivity index (χ1) is 33.0. The highest BCUT2D eigenvalue weighted by atomic mass is 32.2. The van der Waals surface area contributed by atoms with E-state index in [1.165, 1.54) is 87.7 Å². The third kappa shape index (κ3) is 10.3. The summed E-state index contributed by atoms with van der Waals surface area (Å²) in [5, 5.41) is 8.56. The molecule has 0 saturated heterocycles. The minimum absolute atomic E-state index is 0.0666. The Labute approximate surface area is 403 Å². The lowest BCUT2D eigenvalue weighted by Crippen LogP contribution is -2.25. The molecule has 1 aliphatic rings. The zero-order valence-electron chi connectivity index (χ0n) is 38.6. The molecule has 0 spiro atoms. The van der Waals surface area contributed by atoms with Crippen molar-refractivity contribution in [1.82, 2.24) is 0 Å². The van der Waals surface area contributed by atoms with Gasteiger partial charge in [-0.05, 0) is 125 Å². The molecule has 0 unspecified atom stereocenters. The number of hydrogen-bond donors (Lipinski definition) is 1.